The Morgan fingerprint density at radius 1 is 0.839 bits per heavy atom. The van der Waals surface area contributed by atoms with E-state index in [1.54, 1.807) is 41.0 Å². The van der Waals surface area contributed by atoms with Gasteiger partial charge in [0.15, 0.2) is 0 Å². The number of benzene rings is 3. The van der Waals surface area contributed by atoms with Crippen molar-refractivity contribution in [1.82, 2.24) is 18.7 Å². The van der Waals surface area contributed by atoms with Gasteiger partial charge in [-0.05, 0) is 41.8 Å². The largest absolute Gasteiger partial charge is 0.352 e. The van der Waals surface area contributed by atoms with Crippen molar-refractivity contribution in [3.63, 3.8) is 0 Å². The molecule has 0 bridgehead atoms. The maximum Gasteiger partial charge on any atom is 0.352 e. The highest BCUT2D eigenvalue weighted by molar-refractivity contribution is 5.80. The summed E-state index contributed by atoms with van der Waals surface area (Å²) >= 11 is 0. The summed E-state index contributed by atoms with van der Waals surface area (Å²) in [5.41, 5.74) is 1.65. The Kier molecular flexibility index (Phi) is 4.71. The summed E-state index contributed by atoms with van der Waals surface area (Å²) in [6, 6.07) is 22.9. The number of aryl methyl sites for hydroxylation is 2. The molecule has 0 aliphatic carbocycles. The number of halogens is 1. The zero-order chi connectivity index (χ0) is 21.4. The van der Waals surface area contributed by atoms with Gasteiger partial charge in [-0.1, -0.05) is 54.6 Å². The number of para-hydroxylation sites is 1. The number of fused-ring (bicyclic) bond motifs is 3. The van der Waals surface area contributed by atoms with Crippen LogP contribution in [0.15, 0.2) is 88.5 Å². The maximum absolute atomic E-state index is 13.6. The fourth-order valence-electron chi connectivity index (χ4n) is 3.87. The molecule has 7 heteroatoms. The predicted octanol–water partition coefficient (Wildman–Crippen LogP) is 3.24. The van der Waals surface area contributed by atoms with Crippen molar-refractivity contribution in [2.75, 3.05) is 0 Å². The van der Waals surface area contributed by atoms with E-state index < -0.39 is 0 Å². The van der Waals surface area contributed by atoms with E-state index in [9.17, 15) is 14.0 Å². The number of aromatic nitrogens is 4. The standard InChI is InChI=1S/C24H19FN4O2/c25-19-10-6-9-18(15-19)16-28-24(31)29-21-12-5-4-11-20(21)22(30)27(23(29)26-28)14-13-17-7-2-1-3-8-17/h1-12,15H,13-14,16H2. The minimum absolute atomic E-state index is 0.111. The topological polar surface area (TPSA) is 61.3 Å². The molecule has 0 unspecified atom stereocenters. The molecule has 0 N–H and O–H groups in total. The molecule has 31 heavy (non-hydrogen) atoms. The van der Waals surface area contributed by atoms with Gasteiger partial charge in [0, 0.05) is 6.54 Å². The lowest BCUT2D eigenvalue weighted by molar-refractivity contribution is 0.614. The lowest BCUT2D eigenvalue weighted by Crippen LogP contribution is -2.27. The third-order valence-corrected chi connectivity index (χ3v) is 5.37. The van der Waals surface area contributed by atoms with E-state index in [0.29, 0.717) is 29.4 Å². The molecular weight excluding hydrogens is 395 g/mol. The smallest absolute Gasteiger partial charge is 0.276 e. The van der Waals surface area contributed by atoms with Crippen molar-refractivity contribution in [3.05, 3.63) is 117 Å². The van der Waals surface area contributed by atoms with Gasteiger partial charge in [-0.15, -0.1) is 5.10 Å². The molecule has 154 valence electrons. The molecule has 6 nitrogen and oxygen atoms in total. The molecule has 0 aliphatic heterocycles. The monoisotopic (exact) mass is 414 g/mol. The Labute approximate surface area is 176 Å². The quantitative estimate of drug-likeness (QED) is 0.444. The van der Waals surface area contributed by atoms with Crippen LogP contribution in [-0.2, 0) is 19.5 Å². The molecule has 5 rings (SSSR count). The van der Waals surface area contributed by atoms with Crippen molar-refractivity contribution in [2.45, 2.75) is 19.5 Å². The van der Waals surface area contributed by atoms with Crippen LogP contribution in [0.1, 0.15) is 11.1 Å². The second-order valence-electron chi connectivity index (χ2n) is 7.42. The highest BCUT2D eigenvalue weighted by atomic mass is 19.1. The predicted molar refractivity (Wildman–Crippen MR) is 117 cm³/mol. The lowest BCUT2D eigenvalue weighted by Gasteiger charge is -2.09. The Balaban J connectivity index is 1.68. The minimum Gasteiger partial charge on any atom is -0.276 e. The number of hydrogen-bond acceptors (Lipinski definition) is 3. The minimum atomic E-state index is -0.375. The van der Waals surface area contributed by atoms with Crippen molar-refractivity contribution < 1.29 is 4.39 Å². The first-order valence-corrected chi connectivity index (χ1v) is 10.0. The van der Waals surface area contributed by atoms with Crippen molar-refractivity contribution in [3.8, 4) is 0 Å². The molecule has 0 fully saturated rings. The Bertz CT molecular complexity index is 1520. The first kappa shape index (κ1) is 19.0. The van der Waals surface area contributed by atoms with Crippen LogP contribution in [0.5, 0.6) is 0 Å². The maximum atomic E-state index is 13.6. The van der Waals surface area contributed by atoms with Crippen molar-refractivity contribution >= 4 is 16.7 Å². The van der Waals surface area contributed by atoms with Gasteiger partial charge >= 0.3 is 5.69 Å². The van der Waals surface area contributed by atoms with Gasteiger partial charge in [0.2, 0.25) is 5.78 Å². The summed E-state index contributed by atoms with van der Waals surface area (Å²) in [5, 5.41) is 4.92. The molecule has 0 aliphatic rings. The van der Waals surface area contributed by atoms with E-state index in [1.165, 1.54) is 21.2 Å². The number of rotatable bonds is 5. The summed E-state index contributed by atoms with van der Waals surface area (Å²) in [6.07, 6.45) is 0.625. The van der Waals surface area contributed by atoms with Gasteiger partial charge in [0.25, 0.3) is 5.56 Å². The van der Waals surface area contributed by atoms with Gasteiger partial charge in [-0.2, -0.15) is 0 Å². The van der Waals surface area contributed by atoms with Crippen LogP contribution in [0, 0.1) is 5.82 Å². The molecule has 0 atom stereocenters. The molecule has 5 aromatic rings. The Morgan fingerprint density at radius 3 is 2.39 bits per heavy atom. The van der Waals surface area contributed by atoms with Crippen LogP contribution in [0.2, 0.25) is 0 Å². The molecule has 0 amide bonds. The SMILES string of the molecule is O=c1c2ccccc2n2c(=O)n(Cc3cccc(F)c3)nc2n1CCc1ccccc1. The molecular formula is C24H19FN4O2. The van der Waals surface area contributed by atoms with Crippen molar-refractivity contribution in [2.24, 2.45) is 0 Å². The second-order valence-corrected chi connectivity index (χ2v) is 7.42. The van der Waals surface area contributed by atoms with E-state index in [1.807, 2.05) is 30.3 Å². The van der Waals surface area contributed by atoms with E-state index in [4.69, 9.17) is 0 Å². The molecule has 0 radical (unpaired) electrons. The number of hydrogen-bond donors (Lipinski definition) is 0. The average molecular weight is 414 g/mol. The van der Waals surface area contributed by atoms with Crippen LogP contribution in [-0.4, -0.2) is 18.7 Å². The highest BCUT2D eigenvalue weighted by Gasteiger charge is 2.17. The van der Waals surface area contributed by atoms with Gasteiger partial charge in [-0.25, -0.2) is 18.3 Å². The zero-order valence-corrected chi connectivity index (χ0v) is 16.6. The van der Waals surface area contributed by atoms with Gasteiger partial charge < -0.3 is 0 Å². The first-order chi connectivity index (χ1) is 15.1. The zero-order valence-electron chi connectivity index (χ0n) is 16.6. The second kappa shape index (κ2) is 7.68. The fraction of sp³-hybridized carbons (Fsp3) is 0.125. The van der Waals surface area contributed by atoms with E-state index >= 15 is 0 Å². The van der Waals surface area contributed by atoms with Crippen LogP contribution >= 0.6 is 0 Å². The van der Waals surface area contributed by atoms with E-state index in [-0.39, 0.29) is 29.4 Å². The average Bonchev–Trinajstić information content (AvgIpc) is 3.10. The summed E-state index contributed by atoms with van der Waals surface area (Å²) in [4.78, 5) is 26.5. The molecule has 3 aromatic carbocycles. The molecule has 2 heterocycles. The van der Waals surface area contributed by atoms with Crippen LogP contribution in [0.25, 0.3) is 16.7 Å². The number of nitrogens with zero attached hydrogens (tertiary/aromatic N) is 4. The molecule has 0 spiro atoms. The Morgan fingerprint density at radius 2 is 1.58 bits per heavy atom. The van der Waals surface area contributed by atoms with Gasteiger partial charge in [-0.3, -0.25) is 9.36 Å². The normalized spacial score (nSPS) is 11.4. The van der Waals surface area contributed by atoms with Gasteiger partial charge in [0.05, 0.1) is 17.4 Å². The third-order valence-electron chi connectivity index (χ3n) is 5.37. The fourth-order valence-corrected chi connectivity index (χ4v) is 3.87. The summed E-state index contributed by atoms with van der Waals surface area (Å²) in [5.74, 6) is -0.0967. The third kappa shape index (κ3) is 3.44. The summed E-state index contributed by atoms with van der Waals surface area (Å²) < 4.78 is 17.9. The molecule has 2 aromatic heterocycles. The highest BCUT2D eigenvalue weighted by Crippen LogP contribution is 2.13. The summed E-state index contributed by atoms with van der Waals surface area (Å²) in [6.45, 7) is 0.493. The van der Waals surface area contributed by atoms with E-state index in [2.05, 4.69) is 5.10 Å². The van der Waals surface area contributed by atoms with Crippen molar-refractivity contribution in [1.29, 1.82) is 0 Å². The summed E-state index contributed by atoms with van der Waals surface area (Å²) in [7, 11) is 0. The van der Waals surface area contributed by atoms with Crippen LogP contribution in [0.4, 0.5) is 4.39 Å². The first-order valence-electron chi connectivity index (χ1n) is 10.0. The van der Waals surface area contributed by atoms with Crippen LogP contribution < -0.4 is 11.2 Å². The van der Waals surface area contributed by atoms with Gasteiger partial charge in [0.1, 0.15) is 5.82 Å². The molecule has 0 saturated heterocycles. The Hall–Kier alpha value is -4.00. The van der Waals surface area contributed by atoms with Crippen LogP contribution in [0.3, 0.4) is 0 Å². The molecule has 0 saturated carbocycles. The lowest BCUT2D eigenvalue weighted by atomic mass is 10.1. The van der Waals surface area contributed by atoms with E-state index in [0.717, 1.165) is 5.56 Å².